The monoisotopic (exact) mass is 499 g/mol. The van der Waals surface area contributed by atoms with Crippen molar-refractivity contribution >= 4 is 44.4 Å². The maximum absolute atomic E-state index is 13.3. The smallest absolute Gasteiger partial charge is 0.264 e. The summed E-state index contributed by atoms with van der Waals surface area (Å²) in [6, 6.07) is 19.3. The third-order valence-electron chi connectivity index (χ3n) is 4.98. The fraction of sp³-hybridized carbons (Fsp3) is 0.240. The van der Waals surface area contributed by atoms with Crippen molar-refractivity contribution in [3.63, 3.8) is 0 Å². The summed E-state index contributed by atoms with van der Waals surface area (Å²) in [6.45, 7) is 6.60. The molecular weight excluding hydrogens is 470 g/mol. The van der Waals surface area contributed by atoms with Gasteiger partial charge in [0.25, 0.3) is 10.0 Å². The molecule has 7 nitrogen and oxygen atoms in total. The Balaban J connectivity index is 1.86. The van der Waals surface area contributed by atoms with Gasteiger partial charge in [-0.3, -0.25) is 4.72 Å². The van der Waals surface area contributed by atoms with Gasteiger partial charge in [0.15, 0.2) is 5.11 Å². The number of ether oxygens (including phenoxy) is 2. The number of para-hydroxylation sites is 1. The lowest BCUT2D eigenvalue weighted by atomic mass is 10.0. The number of anilines is 3. The Bertz CT molecular complexity index is 1240. The molecule has 0 aromatic heterocycles. The van der Waals surface area contributed by atoms with Gasteiger partial charge in [0, 0.05) is 17.4 Å². The second-order valence-corrected chi connectivity index (χ2v) is 9.81. The fourth-order valence-electron chi connectivity index (χ4n) is 3.34. The number of nitrogens with one attached hydrogen (secondary N) is 3. The largest absolute Gasteiger partial charge is 0.497 e. The van der Waals surface area contributed by atoms with Gasteiger partial charge in [-0.1, -0.05) is 32.0 Å². The number of rotatable bonds is 9. The first kappa shape index (κ1) is 25.3. The molecule has 0 fully saturated rings. The molecular formula is C25H29N3O4S2. The van der Waals surface area contributed by atoms with Crippen molar-refractivity contribution in [1.82, 2.24) is 0 Å². The van der Waals surface area contributed by atoms with Crippen LogP contribution < -0.4 is 24.8 Å². The molecule has 0 spiro atoms. The summed E-state index contributed by atoms with van der Waals surface area (Å²) in [7, 11) is -2.48. The molecule has 34 heavy (non-hydrogen) atoms. The molecule has 0 saturated heterocycles. The molecule has 0 bridgehead atoms. The lowest BCUT2D eigenvalue weighted by Gasteiger charge is -2.18. The van der Waals surface area contributed by atoms with Crippen molar-refractivity contribution in [2.75, 3.05) is 29.1 Å². The Labute approximate surface area is 206 Å². The molecule has 0 atom stereocenters. The highest BCUT2D eigenvalue weighted by Crippen LogP contribution is 2.30. The van der Waals surface area contributed by atoms with Gasteiger partial charge < -0.3 is 20.1 Å². The van der Waals surface area contributed by atoms with Crippen molar-refractivity contribution < 1.29 is 17.9 Å². The number of sulfonamides is 1. The van der Waals surface area contributed by atoms with Crippen LogP contribution in [0.15, 0.2) is 71.6 Å². The zero-order valence-electron chi connectivity index (χ0n) is 19.6. The zero-order chi connectivity index (χ0) is 24.7. The van der Waals surface area contributed by atoms with E-state index in [0.29, 0.717) is 35.4 Å². The molecule has 0 saturated carbocycles. The second kappa shape index (κ2) is 11.2. The summed E-state index contributed by atoms with van der Waals surface area (Å²) in [5.41, 5.74) is 2.69. The zero-order valence-corrected chi connectivity index (χ0v) is 21.2. The normalized spacial score (nSPS) is 11.1. The first-order valence-electron chi connectivity index (χ1n) is 10.8. The van der Waals surface area contributed by atoms with Crippen LogP contribution in [-0.2, 0) is 10.0 Å². The minimum atomic E-state index is -3.96. The first-order valence-corrected chi connectivity index (χ1v) is 12.7. The Morgan fingerprint density at radius 3 is 2.24 bits per heavy atom. The summed E-state index contributed by atoms with van der Waals surface area (Å²) >= 11 is 5.49. The molecule has 3 N–H and O–H groups in total. The number of benzene rings is 3. The highest BCUT2D eigenvalue weighted by Gasteiger charge is 2.21. The lowest BCUT2D eigenvalue weighted by molar-refractivity contribution is 0.340. The maximum atomic E-state index is 13.3. The third-order valence-corrected chi connectivity index (χ3v) is 6.60. The molecule has 0 radical (unpaired) electrons. The highest BCUT2D eigenvalue weighted by atomic mass is 32.2. The van der Waals surface area contributed by atoms with E-state index in [4.69, 9.17) is 21.7 Å². The molecule has 0 aliphatic carbocycles. The maximum Gasteiger partial charge on any atom is 0.264 e. The molecule has 3 aromatic carbocycles. The Morgan fingerprint density at radius 2 is 1.59 bits per heavy atom. The SMILES string of the molecule is CCOc1ccc(NS(=O)(=O)c2cc(OC)ccc2NC(=S)Nc2ccccc2C(C)C)cc1. The van der Waals surface area contributed by atoms with Crippen LogP contribution >= 0.6 is 12.2 Å². The van der Waals surface area contributed by atoms with Crippen LogP contribution in [0, 0.1) is 0 Å². The van der Waals surface area contributed by atoms with Crippen LogP contribution in [0.3, 0.4) is 0 Å². The minimum absolute atomic E-state index is 0.00188. The first-order chi connectivity index (χ1) is 16.2. The van der Waals surface area contributed by atoms with E-state index < -0.39 is 10.0 Å². The van der Waals surface area contributed by atoms with Gasteiger partial charge in [0.05, 0.1) is 19.4 Å². The van der Waals surface area contributed by atoms with E-state index in [9.17, 15) is 8.42 Å². The third kappa shape index (κ3) is 6.39. The molecule has 180 valence electrons. The topological polar surface area (TPSA) is 88.7 Å². The second-order valence-electron chi connectivity index (χ2n) is 7.75. The summed E-state index contributed by atoms with van der Waals surface area (Å²) in [4.78, 5) is 0.00188. The molecule has 0 aliphatic heterocycles. The van der Waals surface area contributed by atoms with Gasteiger partial charge in [0.1, 0.15) is 16.4 Å². The number of thiocarbonyl (C=S) groups is 1. The van der Waals surface area contributed by atoms with E-state index in [2.05, 4.69) is 29.2 Å². The van der Waals surface area contributed by atoms with Crippen LogP contribution in [0.2, 0.25) is 0 Å². The van der Waals surface area contributed by atoms with E-state index in [0.717, 1.165) is 11.3 Å². The van der Waals surface area contributed by atoms with Crippen LogP contribution in [0.1, 0.15) is 32.3 Å². The van der Waals surface area contributed by atoms with E-state index in [-0.39, 0.29) is 10.0 Å². The van der Waals surface area contributed by atoms with E-state index in [1.807, 2.05) is 31.2 Å². The van der Waals surface area contributed by atoms with E-state index in [1.165, 1.54) is 13.2 Å². The van der Waals surface area contributed by atoms with Crippen molar-refractivity contribution in [3.8, 4) is 11.5 Å². The Kier molecular flexibility index (Phi) is 8.36. The van der Waals surface area contributed by atoms with Crippen molar-refractivity contribution in [1.29, 1.82) is 0 Å². The van der Waals surface area contributed by atoms with Gasteiger partial charge in [-0.05, 0) is 73.1 Å². The van der Waals surface area contributed by atoms with Crippen molar-refractivity contribution in [2.24, 2.45) is 0 Å². The van der Waals surface area contributed by atoms with Gasteiger partial charge in [-0.15, -0.1) is 0 Å². The average molecular weight is 500 g/mol. The van der Waals surface area contributed by atoms with E-state index in [1.54, 1.807) is 36.4 Å². The number of methoxy groups -OCH3 is 1. The molecule has 0 heterocycles. The van der Waals surface area contributed by atoms with Gasteiger partial charge in [-0.25, -0.2) is 8.42 Å². The molecule has 3 aromatic rings. The predicted molar refractivity (Wildman–Crippen MR) is 142 cm³/mol. The quantitative estimate of drug-likeness (QED) is 0.319. The highest BCUT2D eigenvalue weighted by molar-refractivity contribution is 7.93. The van der Waals surface area contributed by atoms with E-state index >= 15 is 0 Å². The summed E-state index contributed by atoms with van der Waals surface area (Å²) < 4.78 is 39.8. The Morgan fingerprint density at radius 1 is 0.941 bits per heavy atom. The van der Waals surface area contributed by atoms with Crippen LogP contribution in [0.25, 0.3) is 0 Å². The summed E-state index contributed by atoms with van der Waals surface area (Å²) in [5.74, 6) is 1.36. The van der Waals surface area contributed by atoms with Gasteiger partial charge in [-0.2, -0.15) is 0 Å². The number of hydrogen-bond acceptors (Lipinski definition) is 5. The van der Waals surface area contributed by atoms with Crippen LogP contribution in [0.4, 0.5) is 17.1 Å². The molecule has 0 unspecified atom stereocenters. The van der Waals surface area contributed by atoms with Gasteiger partial charge >= 0.3 is 0 Å². The van der Waals surface area contributed by atoms with Crippen LogP contribution in [0.5, 0.6) is 11.5 Å². The van der Waals surface area contributed by atoms with Crippen LogP contribution in [-0.4, -0.2) is 27.2 Å². The fourth-order valence-corrected chi connectivity index (χ4v) is 4.80. The predicted octanol–water partition coefficient (Wildman–Crippen LogP) is 5.83. The average Bonchev–Trinajstić information content (AvgIpc) is 2.80. The molecule has 0 amide bonds. The number of hydrogen-bond donors (Lipinski definition) is 3. The summed E-state index contributed by atoms with van der Waals surface area (Å²) in [6.07, 6.45) is 0. The standard InChI is InChI=1S/C25H29N3O4S2/c1-5-32-19-12-10-18(11-13-19)28-34(29,30)24-16-20(31-4)14-15-23(24)27-25(33)26-22-9-7-6-8-21(22)17(2)3/h6-17,28H,5H2,1-4H3,(H2,26,27,33). The van der Waals surface area contributed by atoms with Crippen molar-refractivity contribution in [3.05, 3.63) is 72.3 Å². The Hall–Kier alpha value is -3.30. The molecule has 3 rings (SSSR count). The van der Waals surface area contributed by atoms with Gasteiger partial charge in [0.2, 0.25) is 0 Å². The lowest BCUT2D eigenvalue weighted by Crippen LogP contribution is -2.23. The van der Waals surface area contributed by atoms with Crippen molar-refractivity contribution in [2.45, 2.75) is 31.6 Å². The minimum Gasteiger partial charge on any atom is -0.497 e. The molecule has 0 aliphatic rings. The summed E-state index contributed by atoms with van der Waals surface area (Å²) in [5, 5.41) is 6.47. The molecule has 9 heteroatoms.